The molecule has 2 heterocycles. The SMILES string of the molecule is N=C(N)c1ccccc1N1CCc2sccc2C1. The van der Waals surface area contributed by atoms with Gasteiger partial charge in [-0.2, -0.15) is 0 Å². The van der Waals surface area contributed by atoms with Crippen LogP contribution in [0.5, 0.6) is 0 Å². The van der Waals surface area contributed by atoms with Crippen LogP contribution in [-0.4, -0.2) is 12.4 Å². The number of nitrogens with zero attached hydrogens (tertiary/aromatic N) is 1. The second kappa shape index (κ2) is 4.46. The quantitative estimate of drug-likeness (QED) is 0.642. The number of anilines is 1. The second-order valence-electron chi connectivity index (χ2n) is 4.47. The predicted molar refractivity (Wildman–Crippen MR) is 76.5 cm³/mol. The molecule has 1 aliphatic rings. The first kappa shape index (κ1) is 11.3. The number of fused-ring (bicyclic) bond motifs is 1. The van der Waals surface area contributed by atoms with E-state index in [1.165, 1.54) is 10.4 Å². The Balaban J connectivity index is 1.95. The maximum Gasteiger partial charge on any atom is 0.124 e. The van der Waals surface area contributed by atoms with Gasteiger partial charge in [0.1, 0.15) is 5.84 Å². The van der Waals surface area contributed by atoms with Crippen molar-refractivity contribution in [1.82, 2.24) is 0 Å². The van der Waals surface area contributed by atoms with Crippen LogP contribution < -0.4 is 10.6 Å². The third-order valence-corrected chi connectivity index (χ3v) is 4.37. The van der Waals surface area contributed by atoms with Crippen molar-refractivity contribution < 1.29 is 0 Å². The Morgan fingerprint density at radius 1 is 1.28 bits per heavy atom. The zero-order valence-corrected chi connectivity index (χ0v) is 10.8. The molecule has 0 amide bonds. The molecule has 2 aromatic rings. The summed E-state index contributed by atoms with van der Waals surface area (Å²) in [5.74, 6) is 0.140. The van der Waals surface area contributed by atoms with Crippen molar-refractivity contribution >= 4 is 22.9 Å². The van der Waals surface area contributed by atoms with Crippen LogP contribution in [0.1, 0.15) is 16.0 Å². The molecule has 1 aromatic heterocycles. The maximum atomic E-state index is 7.66. The minimum atomic E-state index is 0.140. The lowest BCUT2D eigenvalue weighted by Gasteiger charge is -2.30. The van der Waals surface area contributed by atoms with E-state index >= 15 is 0 Å². The highest BCUT2D eigenvalue weighted by Crippen LogP contribution is 2.29. The Hall–Kier alpha value is -1.81. The lowest BCUT2D eigenvalue weighted by molar-refractivity contribution is 0.743. The van der Waals surface area contributed by atoms with Crippen LogP contribution in [-0.2, 0) is 13.0 Å². The molecule has 0 atom stereocenters. The minimum Gasteiger partial charge on any atom is -0.384 e. The van der Waals surface area contributed by atoms with Gasteiger partial charge in [0.25, 0.3) is 0 Å². The van der Waals surface area contributed by atoms with E-state index in [0.29, 0.717) is 0 Å². The van der Waals surface area contributed by atoms with Crippen molar-refractivity contribution in [3.8, 4) is 0 Å². The summed E-state index contributed by atoms with van der Waals surface area (Å²) in [7, 11) is 0. The highest BCUT2D eigenvalue weighted by atomic mass is 32.1. The van der Waals surface area contributed by atoms with Gasteiger partial charge in [-0.3, -0.25) is 5.41 Å². The van der Waals surface area contributed by atoms with E-state index in [9.17, 15) is 0 Å². The Morgan fingerprint density at radius 2 is 2.11 bits per heavy atom. The molecule has 18 heavy (non-hydrogen) atoms. The molecule has 3 rings (SSSR count). The van der Waals surface area contributed by atoms with E-state index in [0.717, 1.165) is 30.8 Å². The number of benzene rings is 1. The van der Waals surface area contributed by atoms with Crippen LogP contribution in [0.4, 0.5) is 5.69 Å². The first-order valence-electron chi connectivity index (χ1n) is 5.99. The molecule has 1 aromatic carbocycles. The lowest BCUT2D eigenvalue weighted by Crippen LogP contribution is -2.31. The average molecular weight is 257 g/mol. The van der Waals surface area contributed by atoms with Crippen molar-refractivity contribution in [3.05, 3.63) is 51.7 Å². The third kappa shape index (κ3) is 1.88. The van der Waals surface area contributed by atoms with Crippen molar-refractivity contribution in [2.75, 3.05) is 11.4 Å². The summed E-state index contributed by atoms with van der Waals surface area (Å²) < 4.78 is 0. The number of para-hydroxylation sites is 1. The van der Waals surface area contributed by atoms with Crippen LogP contribution in [0.25, 0.3) is 0 Å². The van der Waals surface area contributed by atoms with Gasteiger partial charge in [0, 0.05) is 29.2 Å². The molecule has 3 N–H and O–H groups in total. The Labute approximate surface area is 110 Å². The van der Waals surface area contributed by atoms with Gasteiger partial charge >= 0.3 is 0 Å². The number of hydrogen-bond acceptors (Lipinski definition) is 3. The molecule has 0 radical (unpaired) electrons. The van der Waals surface area contributed by atoms with E-state index in [1.54, 1.807) is 0 Å². The summed E-state index contributed by atoms with van der Waals surface area (Å²) in [5, 5.41) is 9.82. The molecule has 0 unspecified atom stereocenters. The molecule has 0 saturated heterocycles. The first-order chi connectivity index (χ1) is 8.75. The highest BCUT2D eigenvalue weighted by Gasteiger charge is 2.19. The molecule has 0 fully saturated rings. The standard InChI is InChI=1S/C14H15N3S/c15-14(16)11-3-1-2-4-12(11)17-7-5-13-10(9-17)6-8-18-13/h1-4,6,8H,5,7,9H2,(H3,15,16). The summed E-state index contributed by atoms with van der Waals surface area (Å²) in [6.45, 7) is 1.92. The summed E-state index contributed by atoms with van der Waals surface area (Å²) >= 11 is 1.84. The summed E-state index contributed by atoms with van der Waals surface area (Å²) in [4.78, 5) is 3.80. The normalized spacial score (nSPS) is 14.3. The zero-order chi connectivity index (χ0) is 12.5. The van der Waals surface area contributed by atoms with Gasteiger partial charge in [-0.15, -0.1) is 11.3 Å². The fourth-order valence-electron chi connectivity index (χ4n) is 2.43. The van der Waals surface area contributed by atoms with Gasteiger partial charge in [-0.25, -0.2) is 0 Å². The van der Waals surface area contributed by atoms with Crippen LogP contribution in [0.2, 0.25) is 0 Å². The zero-order valence-electron chi connectivity index (χ0n) is 10.0. The van der Waals surface area contributed by atoms with Crippen molar-refractivity contribution in [3.63, 3.8) is 0 Å². The highest BCUT2D eigenvalue weighted by molar-refractivity contribution is 7.10. The maximum absolute atomic E-state index is 7.66. The number of nitrogen functional groups attached to an aromatic ring is 1. The molecular formula is C14H15N3S. The van der Waals surface area contributed by atoms with Gasteiger partial charge in [0.2, 0.25) is 0 Å². The Bertz CT molecular complexity index is 588. The van der Waals surface area contributed by atoms with E-state index in [-0.39, 0.29) is 5.84 Å². The van der Waals surface area contributed by atoms with E-state index in [4.69, 9.17) is 11.1 Å². The van der Waals surface area contributed by atoms with Crippen LogP contribution in [0.15, 0.2) is 35.7 Å². The molecule has 0 bridgehead atoms. The van der Waals surface area contributed by atoms with E-state index < -0.39 is 0 Å². The molecule has 0 saturated carbocycles. The van der Waals surface area contributed by atoms with Gasteiger partial charge in [-0.05, 0) is 35.6 Å². The summed E-state index contributed by atoms with van der Waals surface area (Å²) in [6, 6.07) is 10.1. The van der Waals surface area contributed by atoms with E-state index in [1.807, 2.05) is 35.6 Å². The molecule has 1 aliphatic heterocycles. The van der Waals surface area contributed by atoms with E-state index in [2.05, 4.69) is 16.3 Å². The average Bonchev–Trinajstić information content (AvgIpc) is 2.85. The van der Waals surface area contributed by atoms with Crippen molar-refractivity contribution in [1.29, 1.82) is 5.41 Å². The molecule has 0 spiro atoms. The summed E-state index contributed by atoms with van der Waals surface area (Å²) in [6.07, 6.45) is 1.08. The first-order valence-corrected chi connectivity index (χ1v) is 6.87. The largest absolute Gasteiger partial charge is 0.384 e. The molecule has 4 heteroatoms. The smallest absolute Gasteiger partial charge is 0.124 e. The Morgan fingerprint density at radius 3 is 2.94 bits per heavy atom. The summed E-state index contributed by atoms with van der Waals surface area (Å²) in [5.41, 5.74) is 8.96. The monoisotopic (exact) mass is 257 g/mol. The van der Waals surface area contributed by atoms with Gasteiger partial charge in [0.15, 0.2) is 0 Å². The van der Waals surface area contributed by atoms with Crippen LogP contribution in [0.3, 0.4) is 0 Å². The lowest BCUT2D eigenvalue weighted by atomic mass is 10.1. The molecular weight excluding hydrogens is 242 g/mol. The third-order valence-electron chi connectivity index (χ3n) is 3.34. The van der Waals surface area contributed by atoms with Gasteiger partial charge < -0.3 is 10.6 Å². The molecule has 92 valence electrons. The minimum absolute atomic E-state index is 0.140. The number of thiophene rings is 1. The Kier molecular flexibility index (Phi) is 2.80. The van der Waals surface area contributed by atoms with Gasteiger partial charge in [0.05, 0.1) is 0 Å². The number of amidine groups is 1. The number of hydrogen-bond donors (Lipinski definition) is 2. The number of rotatable bonds is 2. The fourth-order valence-corrected chi connectivity index (χ4v) is 3.32. The molecule has 3 nitrogen and oxygen atoms in total. The number of nitrogens with two attached hydrogens (primary N) is 1. The number of nitrogens with one attached hydrogen (secondary N) is 1. The fraction of sp³-hybridized carbons (Fsp3) is 0.214. The molecule has 0 aliphatic carbocycles. The van der Waals surface area contributed by atoms with Crippen LogP contribution in [0, 0.1) is 5.41 Å². The predicted octanol–water partition coefficient (Wildman–Crippen LogP) is 2.59. The van der Waals surface area contributed by atoms with Crippen LogP contribution >= 0.6 is 11.3 Å². The van der Waals surface area contributed by atoms with Gasteiger partial charge in [-0.1, -0.05) is 12.1 Å². The second-order valence-corrected chi connectivity index (χ2v) is 5.47. The topological polar surface area (TPSA) is 53.1 Å². The van der Waals surface area contributed by atoms with Crippen molar-refractivity contribution in [2.45, 2.75) is 13.0 Å². The van der Waals surface area contributed by atoms with Crippen molar-refractivity contribution in [2.24, 2.45) is 5.73 Å².